The standard InChI is InChI=1S/C16H27N3/c1-12-7-13(2)9-16(8-12)19-10-14(3)18(4)15(11-19)5-6-17/h7-9,14-15H,5-6,10-11,17H2,1-4H3. The molecule has 1 aromatic rings. The molecule has 1 aliphatic rings. The van der Waals surface area contributed by atoms with Gasteiger partial charge in [0.15, 0.2) is 0 Å². The van der Waals surface area contributed by atoms with Crippen LogP contribution in [0, 0.1) is 13.8 Å². The van der Waals surface area contributed by atoms with Crippen molar-refractivity contribution in [1.82, 2.24) is 4.90 Å². The van der Waals surface area contributed by atoms with Crippen molar-refractivity contribution in [1.29, 1.82) is 0 Å². The summed E-state index contributed by atoms with van der Waals surface area (Å²) in [4.78, 5) is 5.00. The van der Waals surface area contributed by atoms with E-state index >= 15 is 0 Å². The lowest BCUT2D eigenvalue weighted by Crippen LogP contribution is -2.56. The van der Waals surface area contributed by atoms with Crippen LogP contribution in [0.4, 0.5) is 5.69 Å². The summed E-state index contributed by atoms with van der Waals surface area (Å²) in [6.45, 7) is 9.60. The molecule has 2 atom stereocenters. The molecule has 0 saturated carbocycles. The van der Waals surface area contributed by atoms with Crippen LogP contribution in [0.25, 0.3) is 0 Å². The number of nitrogens with zero attached hydrogens (tertiary/aromatic N) is 2. The van der Waals surface area contributed by atoms with E-state index < -0.39 is 0 Å². The average Bonchev–Trinajstić information content (AvgIpc) is 2.33. The Kier molecular flexibility index (Phi) is 4.48. The Bertz CT molecular complexity index is 410. The molecule has 1 heterocycles. The second-order valence-electron chi connectivity index (χ2n) is 6.00. The van der Waals surface area contributed by atoms with Crippen LogP contribution in [0.5, 0.6) is 0 Å². The summed E-state index contributed by atoms with van der Waals surface area (Å²) in [6, 6.07) is 7.97. The number of hydrogen-bond donors (Lipinski definition) is 1. The van der Waals surface area contributed by atoms with E-state index in [1.807, 2.05) is 0 Å². The fourth-order valence-corrected chi connectivity index (χ4v) is 3.10. The summed E-state index contributed by atoms with van der Waals surface area (Å²) in [5.74, 6) is 0. The van der Waals surface area contributed by atoms with Gasteiger partial charge in [-0.25, -0.2) is 0 Å². The Morgan fingerprint density at radius 2 is 1.79 bits per heavy atom. The maximum absolute atomic E-state index is 5.75. The first-order chi connectivity index (χ1) is 9.01. The molecule has 0 bridgehead atoms. The van der Waals surface area contributed by atoms with E-state index in [4.69, 9.17) is 5.73 Å². The number of piperazine rings is 1. The second kappa shape index (κ2) is 5.93. The van der Waals surface area contributed by atoms with Gasteiger partial charge in [0, 0.05) is 30.9 Å². The third-order valence-corrected chi connectivity index (χ3v) is 4.26. The fraction of sp³-hybridized carbons (Fsp3) is 0.625. The van der Waals surface area contributed by atoms with Crippen LogP contribution < -0.4 is 10.6 Å². The number of likely N-dealkylation sites (N-methyl/N-ethyl adjacent to an activating group) is 1. The molecule has 0 radical (unpaired) electrons. The molecule has 2 unspecified atom stereocenters. The van der Waals surface area contributed by atoms with Crippen LogP contribution in [0.1, 0.15) is 24.5 Å². The van der Waals surface area contributed by atoms with Crippen molar-refractivity contribution in [2.45, 2.75) is 39.3 Å². The Morgan fingerprint density at radius 1 is 1.16 bits per heavy atom. The van der Waals surface area contributed by atoms with E-state index in [1.54, 1.807) is 0 Å². The number of hydrogen-bond acceptors (Lipinski definition) is 3. The average molecular weight is 261 g/mol. The second-order valence-corrected chi connectivity index (χ2v) is 6.00. The van der Waals surface area contributed by atoms with E-state index in [9.17, 15) is 0 Å². The van der Waals surface area contributed by atoms with E-state index in [-0.39, 0.29) is 0 Å². The van der Waals surface area contributed by atoms with Crippen molar-refractivity contribution in [3.05, 3.63) is 29.3 Å². The largest absolute Gasteiger partial charge is 0.368 e. The highest BCUT2D eigenvalue weighted by atomic mass is 15.3. The number of benzene rings is 1. The first kappa shape index (κ1) is 14.4. The molecule has 0 aliphatic carbocycles. The minimum absolute atomic E-state index is 0.564. The van der Waals surface area contributed by atoms with Crippen molar-refractivity contribution in [3.8, 4) is 0 Å². The zero-order chi connectivity index (χ0) is 14.0. The molecule has 2 rings (SSSR count). The van der Waals surface area contributed by atoms with Crippen molar-refractivity contribution in [3.63, 3.8) is 0 Å². The highest BCUT2D eigenvalue weighted by Crippen LogP contribution is 2.24. The number of nitrogens with two attached hydrogens (primary N) is 1. The summed E-state index contributed by atoms with van der Waals surface area (Å²) in [6.07, 6.45) is 1.07. The van der Waals surface area contributed by atoms with Gasteiger partial charge in [-0.1, -0.05) is 6.07 Å². The van der Waals surface area contributed by atoms with Crippen LogP contribution in [0.3, 0.4) is 0 Å². The lowest BCUT2D eigenvalue weighted by molar-refractivity contribution is 0.152. The molecule has 1 aromatic carbocycles. The van der Waals surface area contributed by atoms with Crippen LogP contribution in [-0.2, 0) is 0 Å². The van der Waals surface area contributed by atoms with E-state index in [2.05, 4.69) is 55.8 Å². The molecule has 3 nitrogen and oxygen atoms in total. The Hall–Kier alpha value is -1.06. The molecule has 2 N–H and O–H groups in total. The van der Waals surface area contributed by atoms with E-state index in [0.717, 1.165) is 26.1 Å². The minimum atomic E-state index is 0.564. The van der Waals surface area contributed by atoms with E-state index in [1.165, 1.54) is 16.8 Å². The number of anilines is 1. The molecule has 1 aliphatic heterocycles. The molecule has 0 amide bonds. The number of rotatable bonds is 3. The third kappa shape index (κ3) is 3.28. The summed E-state index contributed by atoms with van der Waals surface area (Å²) >= 11 is 0. The van der Waals surface area contributed by atoms with Gasteiger partial charge in [-0.2, -0.15) is 0 Å². The predicted octanol–water partition coefficient (Wildman–Crippen LogP) is 2.16. The molecule has 19 heavy (non-hydrogen) atoms. The number of aryl methyl sites for hydroxylation is 2. The molecule has 0 aromatic heterocycles. The summed E-state index contributed by atoms with van der Waals surface area (Å²) in [5, 5.41) is 0. The Balaban J connectivity index is 2.20. The Morgan fingerprint density at radius 3 is 2.37 bits per heavy atom. The van der Waals surface area contributed by atoms with Gasteiger partial charge in [0.05, 0.1) is 0 Å². The normalized spacial score (nSPS) is 24.8. The SMILES string of the molecule is Cc1cc(C)cc(N2CC(C)N(C)C(CCN)C2)c1. The van der Waals surface area contributed by atoms with E-state index in [0.29, 0.717) is 12.1 Å². The van der Waals surface area contributed by atoms with Crippen molar-refractivity contribution < 1.29 is 0 Å². The van der Waals surface area contributed by atoms with Crippen molar-refractivity contribution >= 4 is 5.69 Å². The van der Waals surface area contributed by atoms with Gasteiger partial charge < -0.3 is 10.6 Å². The summed E-state index contributed by atoms with van der Waals surface area (Å²) in [5.41, 5.74) is 9.80. The fourth-order valence-electron chi connectivity index (χ4n) is 3.10. The van der Waals surface area contributed by atoms with Gasteiger partial charge in [-0.3, -0.25) is 4.90 Å². The zero-order valence-electron chi connectivity index (χ0n) is 12.7. The van der Waals surface area contributed by atoms with Gasteiger partial charge >= 0.3 is 0 Å². The molecule has 1 fully saturated rings. The van der Waals surface area contributed by atoms with Gasteiger partial charge in [0.25, 0.3) is 0 Å². The van der Waals surface area contributed by atoms with Gasteiger partial charge in [-0.15, -0.1) is 0 Å². The highest BCUT2D eigenvalue weighted by molar-refractivity contribution is 5.51. The van der Waals surface area contributed by atoms with Crippen LogP contribution >= 0.6 is 0 Å². The molecule has 106 valence electrons. The highest BCUT2D eigenvalue weighted by Gasteiger charge is 2.29. The first-order valence-corrected chi connectivity index (χ1v) is 7.26. The molecular weight excluding hydrogens is 234 g/mol. The maximum atomic E-state index is 5.75. The lowest BCUT2D eigenvalue weighted by atomic mass is 10.0. The molecule has 1 saturated heterocycles. The topological polar surface area (TPSA) is 32.5 Å². The molecule has 0 spiro atoms. The van der Waals surface area contributed by atoms with Crippen molar-refractivity contribution in [2.24, 2.45) is 5.73 Å². The van der Waals surface area contributed by atoms with Gasteiger partial charge in [-0.05, 0) is 64.0 Å². The van der Waals surface area contributed by atoms with Crippen molar-refractivity contribution in [2.75, 3.05) is 31.6 Å². The van der Waals surface area contributed by atoms with Crippen LogP contribution in [-0.4, -0.2) is 43.7 Å². The first-order valence-electron chi connectivity index (χ1n) is 7.26. The molecular formula is C16H27N3. The quantitative estimate of drug-likeness (QED) is 0.905. The van der Waals surface area contributed by atoms with Gasteiger partial charge in [0.1, 0.15) is 0 Å². The molecule has 3 heteroatoms. The predicted molar refractivity (Wildman–Crippen MR) is 82.8 cm³/mol. The summed E-state index contributed by atoms with van der Waals surface area (Å²) in [7, 11) is 2.23. The monoisotopic (exact) mass is 261 g/mol. The third-order valence-electron chi connectivity index (χ3n) is 4.26. The van der Waals surface area contributed by atoms with Crippen LogP contribution in [0.15, 0.2) is 18.2 Å². The minimum Gasteiger partial charge on any atom is -0.368 e. The Labute approximate surface area is 117 Å². The smallest absolute Gasteiger partial charge is 0.0372 e. The summed E-state index contributed by atoms with van der Waals surface area (Å²) < 4.78 is 0. The zero-order valence-corrected chi connectivity index (χ0v) is 12.7. The maximum Gasteiger partial charge on any atom is 0.0372 e. The van der Waals surface area contributed by atoms with Gasteiger partial charge in [0.2, 0.25) is 0 Å². The lowest BCUT2D eigenvalue weighted by Gasteiger charge is -2.45. The van der Waals surface area contributed by atoms with Crippen LogP contribution in [0.2, 0.25) is 0 Å².